The molecule has 0 saturated carbocycles. The summed E-state index contributed by atoms with van der Waals surface area (Å²) in [6, 6.07) is 5.32. The highest BCUT2D eigenvalue weighted by atomic mass is 16.1. The fourth-order valence-electron chi connectivity index (χ4n) is 2.54. The highest BCUT2D eigenvalue weighted by molar-refractivity contribution is 5.91. The summed E-state index contributed by atoms with van der Waals surface area (Å²) < 4.78 is 3.43. The summed E-state index contributed by atoms with van der Waals surface area (Å²) in [4.78, 5) is 20.5. The third-order valence-electron chi connectivity index (χ3n) is 3.73. The zero-order chi connectivity index (χ0) is 15.9. The topological polar surface area (TPSA) is 90.8 Å². The molecule has 0 aliphatic heterocycles. The van der Waals surface area contributed by atoms with Crippen molar-refractivity contribution in [1.82, 2.24) is 19.1 Å². The predicted molar refractivity (Wildman–Crippen MR) is 86.6 cm³/mol. The van der Waals surface area contributed by atoms with Gasteiger partial charge in [0.2, 0.25) is 0 Å². The molecule has 1 atom stereocenters. The number of benzene rings is 1. The summed E-state index contributed by atoms with van der Waals surface area (Å²) in [6.07, 6.45) is 3.61. The van der Waals surface area contributed by atoms with Gasteiger partial charge in [0.15, 0.2) is 0 Å². The minimum absolute atomic E-state index is 0.0933. The summed E-state index contributed by atoms with van der Waals surface area (Å²) >= 11 is 0. The molecule has 7 nitrogen and oxygen atoms in total. The van der Waals surface area contributed by atoms with Crippen LogP contribution in [0.5, 0.6) is 0 Å². The molecule has 7 heteroatoms. The summed E-state index contributed by atoms with van der Waals surface area (Å²) in [5.41, 5.74) is 6.96. The first-order valence-electron chi connectivity index (χ1n) is 6.97. The Morgan fingerprint density at radius 2 is 2.09 bits per heavy atom. The Bertz CT molecular complexity index is 895. The van der Waals surface area contributed by atoms with Crippen molar-refractivity contribution >= 4 is 22.4 Å². The molecule has 3 rings (SSSR count). The Morgan fingerprint density at radius 3 is 2.77 bits per heavy atom. The normalized spacial score (nSPS) is 12.5. The molecule has 1 aromatic carbocycles. The maximum Gasteiger partial charge on any atom is 0.349 e. The Morgan fingerprint density at radius 1 is 1.32 bits per heavy atom. The van der Waals surface area contributed by atoms with Crippen LogP contribution in [0.3, 0.4) is 0 Å². The van der Waals surface area contributed by atoms with E-state index in [2.05, 4.69) is 15.3 Å². The van der Waals surface area contributed by atoms with Crippen molar-refractivity contribution in [3.05, 3.63) is 46.9 Å². The summed E-state index contributed by atoms with van der Waals surface area (Å²) in [6.45, 7) is 1.97. The van der Waals surface area contributed by atoms with Gasteiger partial charge < -0.3 is 15.6 Å². The standard InChI is InChI=1S/C15H18N6O/c1-9(14-17-6-7-20(14)2)18-13-11-8-10(16)4-5-12(11)21(3)15(22)19-13/h4-9H,16H2,1-3H3,(H,18,19,22). The zero-order valence-corrected chi connectivity index (χ0v) is 12.7. The second-order valence-electron chi connectivity index (χ2n) is 5.34. The molecule has 2 heterocycles. The van der Waals surface area contributed by atoms with Crippen molar-refractivity contribution < 1.29 is 0 Å². The van der Waals surface area contributed by atoms with Gasteiger partial charge in [-0.3, -0.25) is 4.57 Å². The van der Waals surface area contributed by atoms with Gasteiger partial charge >= 0.3 is 5.69 Å². The molecule has 114 valence electrons. The van der Waals surface area contributed by atoms with Crippen LogP contribution in [0.2, 0.25) is 0 Å². The van der Waals surface area contributed by atoms with Crippen LogP contribution in [-0.4, -0.2) is 19.1 Å². The maximum atomic E-state index is 12.0. The largest absolute Gasteiger partial charge is 0.399 e. The first-order valence-corrected chi connectivity index (χ1v) is 6.97. The van der Waals surface area contributed by atoms with Crippen molar-refractivity contribution in [1.29, 1.82) is 0 Å². The summed E-state index contributed by atoms with van der Waals surface area (Å²) in [7, 11) is 3.62. The molecular weight excluding hydrogens is 280 g/mol. The Balaban J connectivity index is 2.11. The van der Waals surface area contributed by atoms with E-state index in [-0.39, 0.29) is 11.7 Å². The smallest absolute Gasteiger partial charge is 0.349 e. The van der Waals surface area contributed by atoms with Gasteiger partial charge in [-0.1, -0.05) is 0 Å². The van der Waals surface area contributed by atoms with Crippen LogP contribution in [0.25, 0.3) is 10.9 Å². The van der Waals surface area contributed by atoms with E-state index in [0.717, 1.165) is 16.7 Å². The quantitative estimate of drug-likeness (QED) is 0.714. The number of aromatic nitrogens is 4. The van der Waals surface area contributed by atoms with Gasteiger partial charge in [0.05, 0.1) is 11.6 Å². The lowest BCUT2D eigenvalue weighted by atomic mass is 10.2. The van der Waals surface area contributed by atoms with E-state index >= 15 is 0 Å². The average molecular weight is 298 g/mol. The number of nitrogens with zero attached hydrogens (tertiary/aromatic N) is 4. The van der Waals surface area contributed by atoms with Crippen LogP contribution in [-0.2, 0) is 14.1 Å². The number of hydrogen-bond acceptors (Lipinski definition) is 5. The summed E-state index contributed by atoms with van der Waals surface area (Å²) in [5, 5.41) is 4.07. The third-order valence-corrected chi connectivity index (χ3v) is 3.73. The molecule has 2 aromatic heterocycles. The number of nitrogens with two attached hydrogens (primary N) is 1. The molecule has 22 heavy (non-hydrogen) atoms. The SMILES string of the molecule is CC(Nc1nc(=O)n(C)c2ccc(N)cc12)c1nccn1C. The first-order chi connectivity index (χ1) is 10.5. The van der Waals surface area contributed by atoms with Crippen molar-refractivity contribution in [3.8, 4) is 0 Å². The van der Waals surface area contributed by atoms with Gasteiger partial charge in [0.1, 0.15) is 11.6 Å². The highest BCUT2D eigenvalue weighted by Gasteiger charge is 2.14. The molecular formula is C15H18N6O. The number of hydrogen-bond donors (Lipinski definition) is 2. The van der Waals surface area contributed by atoms with Crippen LogP contribution < -0.4 is 16.7 Å². The van der Waals surface area contributed by atoms with E-state index in [1.54, 1.807) is 19.3 Å². The molecule has 0 spiro atoms. The van der Waals surface area contributed by atoms with Gasteiger partial charge in [-0.25, -0.2) is 9.78 Å². The second-order valence-corrected chi connectivity index (χ2v) is 5.34. The number of nitrogens with one attached hydrogen (secondary N) is 1. The number of nitrogen functional groups attached to an aromatic ring is 1. The van der Waals surface area contributed by atoms with Crippen molar-refractivity contribution in [2.24, 2.45) is 14.1 Å². The molecule has 0 aliphatic carbocycles. The van der Waals surface area contributed by atoms with E-state index in [9.17, 15) is 4.79 Å². The molecule has 0 radical (unpaired) electrons. The van der Waals surface area contributed by atoms with Crippen molar-refractivity contribution in [3.63, 3.8) is 0 Å². The number of rotatable bonds is 3. The fraction of sp³-hybridized carbons (Fsp3) is 0.267. The van der Waals surface area contributed by atoms with E-state index in [0.29, 0.717) is 11.5 Å². The molecule has 1 unspecified atom stereocenters. The lowest BCUT2D eigenvalue weighted by Gasteiger charge is -2.17. The predicted octanol–water partition coefficient (Wildman–Crippen LogP) is 1.42. The van der Waals surface area contributed by atoms with Crippen LogP contribution in [0.4, 0.5) is 11.5 Å². The first kappa shape index (κ1) is 14.1. The Hall–Kier alpha value is -2.83. The molecule has 0 aliphatic rings. The lowest BCUT2D eigenvalue weighted by molar-refractivity contribution is 0.717. The van der Waals surface area contributed by atoms with Crippen molar-refractivity contribution in [2.45, 2.75) is 13.0 Å². The van der Waals surface area contributed by atoms with Crippen LogP contribution >= 0.6 is 0 Å². The minimum Gasteiger partial charge on any atom is -0.399 e. The minimum atomic E-state index is -0.313. The number of fused-ring (bicyclic) bond motifs is 1. The molecule has 0 fully saturated rings. The van der Waals surface area contributed by atoms with Gasteiger partial charge in [0, 0.05) is 37.6 Å². The van der Waals surface area contributed by atoms with Crippen LogP contribution in [0, 0.1) is 0 Å². The number of anilines is 2. The van der Waals surface area contributed by atoms with E-state index < -0.39 is 0 Å². The van der Waals surface area contributed by atoms with E-state index in [4.69, 9.17) is 5.73 Å². The van der Waals surface area contributed by atoms with Crippen molar-refractivity contribution in [2.75, 3.05) is 11.1 Å². The average Bonchev–Trinajstić information content (AvgIpc) is 2.90. The number of imidazole rings is 1. The maximum absolute atomic E-state index is 12.0. The lowest BCUT2D eigenvalue weighted by Crippen LogP contribution is -2.23. The molecule has 0 bridgehead atoms. The number of aryl methyl sites for hydroxylation is 2. The van der Waals surface area contributed by atoms with E-state index in [1.807, 2.05) is 36.9 Å². The van der Waals surface area contributed by atoms with Gasteiger partial charge in [-0.15, -0.1) is 0 Å². The fourth-order valence-corrected chi connectivity index (χ4v) is 2.54. The van der Waals surface area contributed by atoms with E-state index in [1.165, 1.54) is 4.57 Å². The molecule has 0 saturated heterocycles. The van der Waals surface area contributed by atoms with Crippen LogP contribution in [0.15, 0.2) is 35.4 Å². The van der Waals surface area contributed by atoms with Gasteiger partial charge in [0.25, 0.3) is 0 Å². The Labute approximate surface area is 127 Å². The second kappa shape index (κ2) is 5.18. The van der Waals surface area contributed by atoms with Crippen LogP contribution in [0.1, 0.15) is 18.8 Å². The zero-order valence-electron chi connectivity index (χ0n) is 12.7. The molecule has 3 aromatic rings. The Kier molecular flexibility index (Phi) is 3.32. The van der Waals surface area contributed by atoms with Gasteiger partial charge in [-0.05, 0) is 25.1 Å². The monoisotopic (exact) mass is 298 g/mol. The highest BCUT2D eigenvalue weighted by Crippen LogP contribution is 2.25. The molecule has 3 N–H and O–H groups in total. The third kappa shape index (κ3) is 2.30. The molecule has 0 amide bonds. The van der Waals surface area contributed by atoms with Gasteiger partial charge in [-0.2, -0.15) is 4.98 Å². The summed E-state index contributed by atoms with van der Waals surface area (Å²) in [5.74, 6) is 1.38.